The summed E-state index contributed by atoms with van der Waals surface area (Å²) in [7, 11) is 0. The maximum atomic E-state index is 13.6. The van der Waals surface area contributed by atoms with Crippen LogP contribution in [0.3, 0.4) is 0 Å². The van der Waals surface area contributed by atoms with E-state index in [1.54, 1.807) is 17.6 Å². The second-order valence-corrected chi connectivity index (χ2v) is 10.5. The Balaban J connectivity index is 1.77. The van der Waals surface area contributed by atoms with Gasteiger partial charge in [0, 0.05) is 36.7 Å². The van der Waals surface area contributed by atoms with E-state index in [-0.39, 0.29) is 11.7 Å². The van der Waals surface area contributed by atoms with Gasteiger partial charge in [0.25, 0.3) is 0 Å². The summed E-state index contributed by atoms with van der Waals surface area (Å²) in [6.45, 7) is 11.7. The number of benzene rings is 1. The van der Waals surface area contributed by atoms with Crippen molar-refractivity contribution in [2.75, 3.05) is 13.1 Å². The molecule has 0 N–H and O–H groups in total. The predicted molar refractivity (Wildman–Crippen MR) is 130 cm³/mol. The summed E-state index contributed by atoms with van der Waals surface area (Å²) < 4.78 is 5.40. The van der Waals surface area contributed by atoms with Gasteiger partial charge < -0.3 is 9.32 Å². The van der Waals surface area contributed by atoms with E-state index in [1.165, 1.54) is 0 Å². The molecular formula is C26H34N2O3S. The lowest BCUT2D eigenvalue weighted by Crippen LogP contribution is -2.44. The molecule has 0 aliphatic heterocycles. The van der Waals surface area contributed by atoms with Crippen molar-refractivity contribution >= 4 is 34.0 Å². The summed E-state index contributed by atoms with van der Waals surface area (Å²) >= 11 is 1.56. The number of fused-ring (bicyclic) bond motifs is 1. The van der Waals surface area contributed by atoms with Crippen molar-refractivity contribution in [3.05, 3.63) is 52.2 Å². The van der Waals surface area contributed by atoms with Crippen molar-refractivity contribution in [3.8, 4) is 0 Å². The Morgan fingerprint density at radius 1 is 1.09 bits per heavy atom. The molecule has 2 aromatic heterocycles. The first-order valence-corrected chi connectivity index (χ1v) is 12.3. The highest BCUT2D eigenvalue weighted by Gasteiger charge is 2.31. The fraction of sp³-hybridized carbons (Fsp3) is 0.500. The van der Waals surface area contributed by atoms with Crippen LogP contribution in [0.2, 0.25) is 0 Å². The van der Waals surface area contributed by atoms with Crippen LogP contribution < -0.4 is 0 Å². The molecule has 5 nitrogen and oxygen atoms in total. The maximum absolute atomic E-state index is 13.6. The first-order chi connectivity index (χ1) is 15.2. The highest BCUT2D eigenvalue weighted by atomic mass is 32.1. The number of thiazole rings is 1. The molecule has 0 saturated carbocycles. The highest BCUT2D eigenvalue weighted by Crippen LogP contribution is 2.21. The number of Topliss-reactive ketones (excluding diaryl/α,β-unsaturated/α-hetero) is 1. The first kappa shape index (κ1) is 24.2. The molecule has 32 heavy (non-hydrogen) atoms. The molecule has 0 aliphatic rings. The van der Waals surface area contributed by atoms with Crippen LogP contribution in [0.5, 0.6) is 0 Å². The van der Waals surface area contributed by atoms with E-state index < -0.39 is 5.92 Å². The SMILES string of the molecule is Cc1nc(CC(C(=O)CCc2ccc3occc3c2)C(=O)N(CC(C)C)CC(C)C)cs1. The molecule has 1 aromatic carbocycles. The lowest BCUT2D eigenvalue weighted by Gasteiger charge is -2.29. The predicted octanol–water partition coefficient (Wildman–Crippen LogP) is 5.70. The maximum Gasteiger partial charge on any atom is 0.233 e. The molecule has 0 aliphatic carbocycles. The number of ketones is 1. The third-order valence-corrected chi connectivity index (χ3v) is 6.25. The zero-order valence-corrected chi connectivity index (χ0v) is 20.6. The molecule has 0 bridgehead atoms. The monoisotopic (exact) mass is 454 g/mol. The van der Waals surface area contributed by atoms with E-state index in [4.69, 9.17) is 4.42 Å². The van der Waals surface area contributed by atoms with Gasteiger partial charge in [0.05, 0.1) is 17.0 Å². The van der Waals surface area contributed by atoms with Gasteiger partial charge >= 0.3 is 0 Å². The Morgan fingerprint density at radius 2 is 1.81 bits per heavy atom. The molecular weight excluding hydrogens is 420 g/mol. The molecule has 0 radical (unpaired) electrons. The van der Waals surface area contributed by atoms with Crippen LogP contribution in [0.25, 0.3) is 11.0 Å². The summed E-state index contributed by atoms with van der Waals surface area (Å²) in [5.74, 6) is -0.0706. The van der Waals surface area contributed by atoms with Gasteiger partial charge in [-0.25, -0.2) is 4.98 Å². The Hall–Kier alpha value is -2.47. The van der Waals surface area contributed by atoms with Crippen LogP contribution in [0, 0.1) is 24.7 Å². The van der Waals surface area contributed by atoms with Crippen molar-refractivity contribution in [2.45, 2.75) is 53.9 Å². The molecule has 6 heteroatoms. The van der Waals surface area contributed by atoms with E-state index in [0.717, 1.165) is 27.2 Å². The average Bonchev–Trinajstić information content (AvgIpc) is 3.36. The summed E-state index contributed by atoms with van der Waals surface area (Å²) in [4.78, 5) is 33.4. The van der Waals surface area contributed by atoms with Crippen LogP contribution in [0.1, 0.15) is 50.4 Å². The molecule has 0 spiro atoms. The molecule has 2 heterocycles. The Morgan fingerprint density at radius 3 is 2.44 bits per heavy atom. The zero-order chi connectivity index (χ0) is 23.3. The van der Waals surface area contributed by atoms with Crippen LogP contribution in [0.15, 0.2) is 40.3 Å². The standard InChI is InChI=1S/C26H34N2O3S/c1-17(2)14-28(15-18(3)4)26(30)23(13-22-16-32-19(5)27-22)24(29)8-6-20-7-9-25-21(12-20)10-11-31-25/h7,9-12,16-18,23H,6,8,13-15H2,1-5H3. The first-order valence-electron chi connectivity index (χ1n) is 11.4. The van der Waals surface area contributed by atoms with Crippen molar-refractivity contribution in [2.24, 2.45) is 17.8 Å². The normalized spacial score (nSPS) is 12.6. The van der Waals surface area contributed by atoms with Gasteiger partial charge in [-0.1, -0.05) is 33.8 Å². The fourth-order valence-electron chi connectivity index (χ4n) is 4.02. The van der Waals surface area contributed by atoms with Gasteiger partial charge in [0.1, 0.15) is 17.3 Å². The van der Waals surface area contributed by atoms with Crippen molar-refractivity contribution in [1.29, 1.82) is 0 Å². The summed E-state index contributed by atoms with van der Waals surface area (Å²) in [6.07, 6.45) is 2.98. The topological polar surface area (TPSA) is 63.4 Å². The van der Waals surface area contributed by atoms with Crippen LogP contribution in [-0.4, -0.2) is 34.7 Å². The lowest BCUT2D eigenvalue weighted by molar-refractivity contribution is -0.142. The Kier molecular flexibility index (Phi) is 8.24. The quantitative estimate of drug-likeness (QED) is 0.349. The van der Waals surface area contributed by atoms with Crippen LogP contribution >= 0.6 is 11.3 Å². The molecule has 3 rings (SSSR count). The number of hydrogen-bond donors (Lipinski definition) is 0. The average molecular weight is 455 g/mol. The minimum atomic E-state index is -0.688. The van der Waals surface area contributed by atoms with Crippen LogP contribution in [0.4, 0.5) is 0 Å². The van der Waals surface area contributed by atoms with Crippen molar-refractivity contribution in [1.82, 2.24) is 9.88 Å². The number of carbonyl (C=O) groups excluding carboxylic acids is 2. The number of amides is 1. The number of nitrogens with zero attached hydrogens (tertiary/aromatic N) is 2. The largest absolute Gasteiger partial charge is 0.464 e. The number of hydrogen-bond acceptors (Lipinski definition) is 5. The fourth-order valence-corrected chi connectivity index (χ4v) is 4.65. The summed E-state index contributed by atoms with van der Waals surface area (Å²) in [5, 5.41) is 3.94. The molecule has 1 amide bonds. The Labute approximate surface area is 194 Å². The van der Waals surface area contributed by atoms with Gasteiger partial charge in [0.15, 0.2) is 0 Å². The minimum absolute atomic E-state index is 0.00884. The molecule has 3 aromatic rings. The zero-order valence-electron chi connectivity index (χ0n) is 19.8. The second kappa shape index (κ2) is 10.9. The number of aromatic nitrogens is 1. The number of rotatable bonds is 11. The highest BCUT2D eigenvalue weighted by molar-refractivity contribution is 7.09. The smallest absolute Gasteiger partial charge is 0.233 e. The Bertz CT molecular complexity index is 1040. The molecule has 1 unspecified atom stereocenters. The number of aryl methyl sites for hydroxylation is 2. The molecule has 0 fully saturated rings. The van der Waals surface area contributed by atoms with E-state index in [9.17, 15) is 9.59 Å². The van der Waals surface area contributed by atoms with Crippen molar-refractivity contribution in [3.63, 3.8) is 0 Å². The van der Waals surface area contributed by atoms with Crippen LogP contribution in [-0.2, 0) is 22.4 Å². The summed E-state index contributed by atoms with van der Waals surface area (Å²) in [5.41, 5.74) is 2.74. The lowest BCUT2D eigenvalue weighted by atomic mass is 9.92. The van der Waals surface area contributed by atoms with Gasteiger partial charge in [-0.3, -0.25) is 9.59 Å². The second-order valence-electron chi connectivity index (χ2n) is 9.40. The van der Waals surface area contributed by atoms with Gasteiger partial charge in [-0.15, -0.1) is 11.3 Å². The van der Waals surface area contributed by atoms with Gasteiger partial charge in [-0.2, -0.15) is 0 Å². The molecule has 1 atom stereocenters. The third-order valence-electron chi connectivity index (χ3n) is 5.43. The number of furan rings is 1. The van der Waals surface area contributed by atoms with E-state index in [1.807, 2.05) is 35.4 Å². The van der Waals surface area contributed by atoms with E-state index >= 15 is 0 Å². The van der Waals surface area contributed by atoms with E-state index in [0.29, 0.717) is 44.2 Å². The third kappa shape index (κ3) is 6.52. The number of carbonyl (C=O) groups is 2. The molecule has 0 saturated heterocycles. The molecule has 172 valence electrons. The van der Waals surface area contributed by atoms with Crippen molar-refractivity contribution < 1.29 is 14.0 Å². The van der Waals surface area contributed by atoms with E-state index in [2.05, 4.69) is 38.7 Å². The van der Waals surface area contributed by atoms with Gasteiger partial charge in [-0.05, 0) is 48.9 Å². The summed E-state index contributed by atoms with van der Waals surface area (Å²) in [6, 6.07) is 7.90. The van der Waals surface area contributed by atoms with Gasteiger partial charge in [0.2, 0.25) is 5.91 Å². The minimum Gasteiger partial charge on any atom is -0.464 e.